The summed E-state index contributed by atoms with van der Waals surface area (Å²) in [6.07, 6.45) is 0. The maximum atomic E-state index is 12.6. The first-order valence-corrected chi connectivity index (χ1v) is 10.9. The van der Waals surface area contributed by atoms with Gasteiger partial charge in [-0.2, -0.15) is 0 Å². The van der Waals surface area contributed by atoms with E-state index in [1.54, 1.807) is 36.4 Å². The summed E-state index contributed by atoms with van der Waals surface area (Å²) in [5.41, 5.74) is 0.636. The monoisotopic (exact) mass is 459 g/mol. The lowest BCUT2D eigenvalue weighted by Gasteiger charge is -2.10. The molecule has 0 fully saturated rings. The number of ketones is 1. The molecule has 0 amide bonds. The fraction of sp³-hybridized carbons (Fsp3) is 0.0909. The van der Waals surface area contributed by atoms with E-state index >= 15 is 0 Å². The van der Waals surface area contributed by atoms with E-state index in [2.05, 4.69) is 4.72 Å². The number of rotatable bonds is 8. The zero-order valence-corrected chi connectivity index (χ0v) is 17.7. The van der Waals surface area contributed by atoms with Crippen molar-refractivity contribution in [2.75, 3.05) is 6.61 Å². The van der Waals surface area contributed by atoms with Crippen molar-refractivity contribution in [2.45, 2.75) is 11.4 Å². The summed E-state index contributed by atoms with van der Waals surface area (Å²) in [6, 6.07) is 18.3. The molecule has 9 heteroatoms. The second kappa shape index (κ2) is 9.74. The highest BCUT2D eigenvalue weighted by Gasteiger charge is 2.21. The Bertz CT molecular complexity index is 1210. The van der Waals surface area contributed by atoms with Gasteiger partial charge in [-0.15, -0.1) is 0 Å². The molecule has 0 bridgehead atoms. The van der Waals surface area contributed by atoms with E-state index in [-0.39, 0.29) is 22.6 Å². The molecule has 0 heterocycles. The second-order valence-electron chi connectivity index (χ2n) is 6.50. The molecule has 7 nitrogen and oxygen atoms in total. The smallest absolute Gasteiger partial charge is 0.342 e. The Kier molecular flexibility index (Phi) is 7.06. The van der Waals surface area contributed by atoms with E-state index in [9.17, 15) is 23.1 Å². The summed E-state index contributed by atoms with van der Waals surface area (Å²) < 4.78 is 32.5. The number of sulfonamides is 1. The highest BCUT2D eigenvalue weighted by molar-refractivity contribution is 7.89. The molecular formula is C22H18ClNO6S. The molecule has 31 heavy (non-hydrogen) atoms. The van der Waals surface area contributed by atoms with Crippen LogP contribution in [0.1, 0.15) is 26.3 Å². The average Bonchev–Trinajstić information content (AvgIpc) is 2.76. The minimum atomic E-state index is -3.96. The van der Waals surface area contributed by atoms with E-state index in [0.29, 0.717) is 5.02 Å². The lowest BCUT2D eigenvalue weighted by Crippen LogP contribution is -2.23. The van der Waals surface area contributed by atoms with Crippen molar-refractivity contribution >= 4 is 33.4 Å². The molecular weight excluding hydrogens is 442 g/mol. The van der Waals surface area contributed by atoms with Crippen LogP contribution in [-0.4, -0.2) is 31.9 Å². The maximum absolute atomic E-state index is 12.6. The lowest BCUT2D eigenvalue weighted by molar-refractivity contribution is 0.0471. The first-order valence-electron chi connectivity index (χ1n) is 9.09. The molecule has 0 radical (unpaired) electrons. The number of phenolic OH excluding ortho intramolecular Hbond substituents is 1. The highest BCUT2D eigenvalue weighted by Crippen LogP contribution is 2.23. The average molecular weight is 460 g/mol. The van der Waals surface area contributed by atoms with Gasteiger partial charge in [-0.1, -0.05) is 54.1 Å². The summed E-state index contributed by atoms with van der Waals surface area (Å²) in [5.74, 6) is -2.00. The summed E-state index contributed by atoms with van der Waals surface area (Å²) in [7, 11) is -3.96. The van der Waals surface area contributed by atoms with Crippen molar-refractivity contribution in [3.63, 3.8) is 0 Å². The lowest BCUT2D eigenvalue weighted by atomic mass is 10.1. The van der Waals surface area contributed by atoms with Crippen LogP contribution in [0.3, 0.4) is 0 Å². The number of phenols is 1. The minimum absolute atomic E-state index is 0.0535. The van der Waals surface area contributed by atoms with Crippen molar-refractivity contribution < 1.29 is 27.9 Å². The Morgan fingerprint density at radius 2 is 1.71 bits per heavy atom. The topological polar surface area (TPSA) is 110 Å². The molecule has 0 aliphatic rings. The molecule has 3 aromatic rings. The fourth-order valence-corrected chi connectivity index (χ4v) is 3.89. The summed E-state index contributed by atoms with van der Waals surface area (Å²) in [6.45, 7) is -0.542. The predicted molar refractivity (Wildman–Crippen MR) is 115 cm³/mol. The third kappa shape index (κ3) is 5.91. The molecule has 0 aliphatic heterocycles. The molecule has 0 spiro atoms. The molecule has 0 saturated heterocycles. The number of aromatic hydroxyl groups is 1. The number of halogens is 1. The largest absolute Gasteiger partial charge is 0.507 e. The van der Waals surface area contributed by atoms with Crippen LogP contribution in [-0.2, 0) is 21.3 Å². The quantitative estimate of drug-likeness (QED) is 0.393. The summed E-state index contributed by atoms with van der Waals surface area (Å²) in [4.78, 5) is 24.3. The molecule has 0 saturated carbocycles. The number of ether oxygens (including phenoxy) is 1. The van der Waals surface area contributed by atoms with Crippen molar-refractivity contribution in [2.24, 2.45) is 0 Å². The summed E-state index contributed by atoms with van der Waals surface area (Å²) in [5, 5.41) is 10.3. The van der Waals surface area contributed by atoms with E-state index < -0.39 is 34.1 Å². The van der Waals surface area contributed by atoms with Gasteiger partial charge in [-0.05, 0) is 35.9 Å². The standard InChI is InChI=1S/C22H18ClNO6S/c23-17-8-4-7-16(11-17)21(26)14-30-22(27)19-12-18(9-10-20(19)25)31(28,29)24-13-15-5-2-1-3-6-15/h1-12,24-25H,13-14H2. The van der Waals surface area contributed by atoms with Crippen molar-refractivity contribution in [3.05, 3.63) is 94.5 Å². The molecule has 160 valence electrons. The van der Waals surface area contributed by atoms with Crippen LogP contribution in [0, 0.1) is 0 Å². The zero-order valence-electron chi connectivity index (χ0n) is 16.1. The zero-order chi connectivity index (χ0) is 22.4. The van der Waals surface area contributed by atoms with Crippen molar-refractivity contribution in [1.29, 1.82) is 0 Å². The number of esters is 1. The van der Waals surface area contributed by atoms with Gasteiger partial charge < -0.3 is 9.84 Å². The Morgan fingerprint density at radius 3 is 2.42 bits per heavy atom. The molecule has 0 aromatic heterocycles. The van der Waals surface area contributed by atoms with E-state index in [4.69, 9.17) is 16.3 Å². The van der Waals surface area contributed by atoms with Gasteiger partial charge in [0, 0.05) is 17.1 Å². The number of benzene rings is 3. The van der Waals surface area contributed by atoms with Crippen LogP contribution in [0.25, 0.3) is 0 Å². The molecule has 0 atom stereocenters. The number of Topliss-reactive ketones (excluding diaryl/α,β-unsaturated/α-hetero) is 1. The van der Waals surface area contributed by atoms with Crippen LogP contribution in [0.4, 0.5) is 0 Å². The van der Waals surface area contributed by atoms with Crippen LogP contribution in [0.2, 0.25) is 5.02 Å². The van der Waals surface area contributed by atoms with Crippen LogP contribution in [0.5, 0.6) is 5.75 Å². The van der Waals surface area contributed by atoms with Gasteiger partial charge in [-0.3, -0.25) is 4.79 Å². The van der Waals surface area contributed by atoms with Crippen molar-refractivity contribution in [3.8, 4) is 5.75 Å². The first-order chi connectivity index (χ1) is 14.8. The van der Waals surface area contributed by atoms with E-state index in [1.807, 2.05) is 6.07 Å². The van der Waals surface area contributed by atoms with E-state index in [0.717, 1.165) is 23.8 Å². The predicted octanol–water partition coefficient (Wildman–Crippen LogP) is 3.56. The molecule has 0 aliphatic carbocycles. The van der Waals surface area contributed by atoms with Crippen molar-refractivity contribution in [1.82, 2.24) is 4.72 Å². The van der Waals surface area contributed by atoms with Crippen LogP contribution < -0.4 is 4.72 Å². The summed E-state index contributed by atoms with van der Waals surface area (Å²) >= 11 is 5.84. The van der Waals surface area contributed by atoms with Gasteiger partial charge in [0.05, 0.1) is 4.90 Å². The number of nitrogens with one attached hydrogen (secondary N) is 1. The van der Waals surface area contributed by atoms with Gasteiger partial charge >= 0.3 is 5.97 Å². The Hall–Kier alpha value is -3.20. The Labute approximate surface area is 184 Å². The van der Waals surface area contributed by atoms with Gasteiger partial charge in [0.25, 0.3) is 0 Å². The van der Waals surface area contributed by atoms with Gasteiger partial charge in [-0.25, -0.2) is 17.9 Å². The molecule has 3 aromatic carbocycles. The number of carbonyl (C=O) groups is 2. The molecule has 2 N–H and O–H groups in total. The number of hydrogen-bond donors (Lipinski definition) is 2. The minimum Gasteiger partial charge on any atom is -0.507 e. The number of hydrogen-bond acceptors (Lipinski definition) is 6. The van der Waals surface area contributed by atoms with Gasteiger partial charge in [0.2, 0.25) is 10.0 Å². The SMILES string of the molecule is O=C(COC(=O)c1cc(S(=O)(=O)NCc2ccccc2)ccc1O)c1cccc(Cl)c1. The molecule has 3 rings (SSSR count). The fourth-order valence-electron chi connectivity index (χ4n) is 2.66. The Balaban J connectivity index is 1.70. The highest BCUT2D eigenvalue weighted by atomic mass is 35.5. The normalized spacial score (nSPS) is 11.1. The maximum Gasteiger partial charge on any atom is 0.342 e. The second-order valence-corrected chi connectivity index (χ2v) is 8.70. The third-order valence-corrected chi connectivity index (χ3v) is 5.92. The van der Waals surface area contributed by atoms with Crippen LogP contribution >= 0.6 is 11.6 Å². The molecule has 0 unspecified atom stereocenters. The third-order valence-electron chi connectivity index (χ3n) is 4.29. The van der Waals surface area contributed by atoms with Gasteiger partial charge in [0.15, 0.2) is 12.4 Å². The first kappa shape index (κ1) is 22.5. The van der Waals surface area contributed by atoms with Gasteiger partial charge in [0.1, 0.15) is 11.3 Å². The van der Waals surface area contributed by atoms with E-state index in [1.165, 1.54) is 12.1 Å². The Morgan fingerprint density at radius 1 is 0.968 bits per heavy atom. The van der Waals surface area contributed by atoms with Crippen LogP contribution in [0.15, 0.2) is 77.7 Å². The number of carbonyl (C=O) groups excluding carboxylic acids is 2.